The first kappa shape index (κ1) is 8.76. The topological polar surface area (TPSA) is 9.23 Å². The van der Waals surface area contributed by atoms with E-state index in [0.717, 1.165) is 13.0 Å². The van der Waals surface area contributed by atoms with Gasteiger partial charge in [0.25, 0.3) is 9.76 Å². The molecule has 0 saturated heterocycles. The summed E-state index contributed by atoms with van der Waals surface area (Å²) in [5.41, 5.74) is 0. The summed E-state index contributed by atoms with van der Waals surface area (Å²) >= 11 is 10.7. The van der Waals surface area contributed by atoms with Crippen LogP contribution in [0.4, 0.5) is 0 Å². The van der Waals surface area contributed by atoms with Crippen molar-refractivity contribution in [2.24, 2.45) is 0 Å². The maximum Gasteiger partial charge on any atom is 0.266 e. The molecule has 8 heavy (non-hydrogen) atoms. The molecule has 0 rings (SSSR count). The second-order valence-corrected chi connectivity index (χ2v) is 4.20. The van der Waals surface area contributed by atoms with Crippen molar-refractivity contribution in [3.05, 3.63) is 0 Å². The monoisotopic (exact) mass is 170 g/mol. The largest absolute Gasteiger partial charge is 0.415 e. The Morgan fingerprint density at radius 1 is 1.62 bits per heavy atom. The molecule has 0 saturated carbocycles. The van der Waals surface area contributed by atoms with Crippen LogP contribution in [-0.4, -0.2) is 20.8 Å². The molecule has 1 nitrogen and oxygen atoms in total. The second-order valence-electron chi connectivity index (χ2n) is 1.27. The molecule has 0 atom stereocenters. The van der Waals surface area contributed by atoms with Crippen molar-refractivity contribution in [2.45, 2.75) is 17.8 Å². The van der Waals surface area contributed by atoms with E-state index in [1.807, 2.05) is 6.92 Å². The van der Waals surface area contributed by atoms with E-state index in [0.29, 0.717) is 0 Å². The van der Waals surface area contributed by atoms with Gasteiger partial charge in [-0.1, -0.05) is 6.92 Å². The van der Waals surface area contributed by atoms with Gasteiger partial charge in [-0.15, -0.1) is 23.2 Å². The van der Waals surface area contributed by atoms with Crippen LogP contribution in [0.3, 0.4) is 0 Å². The van der Waals surface area contributed by atoms with Crippen LogP contribution < -0.4 is 0 Å². The lowest BCUT2D eigenvalue weighted by Crippen LogP contribution is -2.07. The summed E-state index contributed by atoms with van der Waals surface area (Å²) in [6, 6.07) is 0. The molecule has 0 N–H and O–H groups in total. The van der Waals surface area contributed by atoms with Crippen LogP contribution in [0.5, 0.6) is 0 Å². The SMILES string of the molecule is CCCO[Si]C(Cl)Cl. The van der Waals surface area contributed by atoms with Gasteiger partial charge < -0.3 is 4.43 Å². The Bertz CT molecular complexity index is 51.3. The first-order chi connectivity index (χ1) is 3.77. The number of rotatable bonds is 4. The molecule has 0 fully saturated rings. The molecule has 0 aliphatic rings. The van der Waals surface area contributed by atoms with Crippen molar-refractivity contribution in [1.29, 1.82) is 0 Å². The summed E-state index contributed by atoms with van der Waals surface area (Å²) in [6.07, 6.45) is 1.02. The third kappa shape index (κ3) is 6.76. The smallest absolute Gasteiger partial charge is 0.266 e. The van der Waals surface area contributed by atoms with Gasteiger partial charge in [-0.25, -0.2) is 0 Å². The van der Waals surface area contributed by atoms with Crippen molar-refractivity contribution in [3.8, 4) is 0 Å². The first-order valence-corrected chi connectivity index (χ1v) is 4.28. The molecule has 2 radical (unpaired) electrons. The second kappa shape index (κ2) is 5.89. The molecule has 0 aliphatic heterocycles. The fourth-order valence-electron chi connectivity index (χ4n) is 0.224. The third-order valence-electron chi connectivity index (χ3n) is 0.479. The normalized spacial score (nSPS) is 10.5. The van der Waals surface area contributed by atoms with Gasteiger partial charge in [0.15, 0.2) is 0 Å². The highest BCUT2D eigenvalue weighted by Crippen LogP contribution is 1.98. The minimum absolute atomic E-state index is 0.226. The summed E-state index contributed by atoms with van der Waals surface area (Å²) in [5.74, 6) is 0. The minimum Gasteiger partial charge on any atom is -0.415 e. The van der Waals surface area contributed by atoms with E-state index in [1.54, 1.807) is 0 Å². The number of alkyl halides is 2. The lowest BCUT2D eigenvalue weighted by atomic mass is 10.5. The van der Waals surface area contributed by atoms with E-state index in [1.165, 1.54) is 0 Å². The average Bonchev–Trinajstić information content (AvgIpc) is 1.66. The maximum absolute atomic E-state index is 5.37. The van der Waals surface area contributed by atoms with Gasteiger partial charge in [-0.05, 0) is 6.42 Å². The lowest BCUT2D eigenvalue weighted by Gasteiger charge is -1.97. The summed E-state index contributed by atoms with van der Waals surface area (Å²) in [7, 11) is 0.226. The maximum atomic E-state index is 5.37. The van der Waals surface area contributed by atoms with Gasteiger partial charge in [-0.3, -0.25) is 0 Å². The Morgan fingerprint density at radius 3 is 2.62 bits per heavy atom. The molecular formula is C4H8Cl2OSi. The van der Waals surface area contributed by atoms with Crippen molar-refractivity contribution >= 4 is 33.0 Å². The van der Waals surface area contributed by atoms with Crippen molar-refractivity contribution in [2.75, 3.05) is 6.61 Å². The van der Waals surface area contributed by atoms with Crippen LogP contribution in [0.15, 0.2) is 0 Å². The van der Waals surface area contributed by atoms with Gasteiger partial charge in [0.2, 0.25) is 0 Å². The van der Waals surface area contributed by atoms with Crippen molar-refractivity contribution in [1.82, 2.24) is 0 Å². The molecular weight excluding hydrogens is 163 g/mol. The minimum atomic E-state index is -0.346. The summed E-state index contributed by atoms with van der Waals surface area (Å²) < 4.78 is 4.66. The number of halogens is 2. The van der Waals surface area contributed by atoms with Crippen molar-refractivity contribution < 1.29 is 4.43 Å². The van der Waals surface area contributed by atoms with Crippen LogP contribution in [0.2, 0.25) is 0 Å². The quantitative estimate of drug-likeness (QED) is 0.356. The fraction of sp³-hybridized carbons (Fsp3) is 1.00. The molecule has 0 spiro atoms. The van der Waals surface area contributed by atoms with Crippen LogP contribution in [0.25, 0.3) is 0 Å². The van der Waals surface area contributed by atoms with E-state index in [9.17, 15) is 0 Å². The Labute approximate surface area is 62.3 Å². The molecule has 0 bridgehead atoms. The van der Waals surface area contributed by atoms with Crippen LogP contribution in [-0.2, 0) is 4.43 Å². The zero-order chi connectivity index (χ0) is 6.41. The molecule has 0 aromatic heterocycles. The number of hydrogen-bond acceptors (Lipinski definition) is 1. The molecule has 0 aromatic rings. The standard InChI is InChI=1S/C4H8Cl2OSi/c1-2-3-7-8-4(5)6/h4H,2-3H2,1H3. The molecule has 0 aliphatic carbocycles. The highest BCUT2D eigenvalue weighted by molar-refractivity contribution is 6.65. The van der Waals surface area contributed by atoms with Crippen LogP contribution in [0, 0.1) is 0 Å². The highest BCUT2D eigenvalue weighted by Gasteiger charge is 1.99. The van der Waals surface area contributed by atoms with Crippen LogP contribution >= 0.6 is 23.2 Å². The van der Waals surface area contributed by atoms with Crippen molar-refractivity contribution in [3.63, 3.8) is 0 Å². The Hall–Kier alpha value is 0.757. The zero-order valence-corrected chi connectivity index (χ0v) is 7.17. The van der Waals surface area contributed by atoms with E-state index in [2.05, 4.69) is 0 Å². The summed E-state index contributed by atoms with van der Waals surface area (Å²) in [5, 5.41) is 0. The van der Waals surface area contributed by atoms with Gasteiger partial charge in [-0.2, -0.15) is 0 Å². The van der Waals surface area contributed by atoms with E-state index >= 15 is 0 Å². The van der Waals surface area contributed by atoms with Gasteiger partial charge in [0, 0.05) is 6.61 Å². The summed E-state index contributed by atoms with van der Waals surface area (Å²) in [4.78, 5) is 0. The Kier molecular flexibility index (Phi) is 6.44. The predicted molar refractivity (Wildman–Crippen MR) is 37.5 cm³/mol. The van der Waals surface area contributed by atoms with Gasteiger partial charge >= 0.3 is 0 Å². The third-order valence-corrected chi connectivity index (χ3v) is 1.56. The van der Waals surface area contributed by atoms with E-state index in [-0.39, 0.29) is 14.2 Å². The van der Waals surface area contributed by atoms with Crippen LogP contribution in [0.1, 0.15) is 13.3 Å². The number of hydrogen-bond donors (Lipinski definition) is 0. The molecule has 0 aromatic carbocycles. The predicted octanol–water partition coefficient (Wildman–Crippen LogP) is 1.79. The van der Waals surface area contributed by atoms with E-state index in [4.69, 9.17) is 27.6 Å². The first-order valence-electron chi connectivity index (χ1n) is 2.43. The van der Waals surface area contributed by atoms with Gasteiger partial charge in [0.05, 0.1) is 0 Å². The lowest BCUT2D eigenvalue weighted by molar-refractivity contribution is 0.336. The molecule has 0 heterocycles. The molecule has 4 heteroatoms. The Morgan fingerprint density at radius 2 is 2.25 bits per heavy atom. The molecule has 0 amide bonds. The highest BCUT2D eigenvalue weighted by atomic mass is 35.5. The Balaban J connectivity index is 2.72. The molecule has 0 unspecified atom stereocenters. The summed E-state index contributed by atoms with van der Waals surface area (Å²) in [6.45, 7) is 2.80. The molecule has 48 valence electrons. The zero-order valence-electron chi connectivity index (χ0n) is 4.66. The average molecular weight is 171 g/mol. The fourth-order valence-corrected chi connectivity index (χ4v) is 1.05. The van der Waals surface area contributed by atoms with E-state index < -0.39 is 0 Å². The van der Waals surface area contributed by atoms with Gasteiger partial charge in [0.1, 0.15) is 4.46 Å².